The molecule has 0 radical (unpaired) electrons. The van der Waals surface area contributed by atoms with Crippen molar-refractivity contribution in [2.24, 2.45) is 5.92 Å². The fraction of sp³-hybridized carbons (Fsp3) is 0.556. The Kier molecular flexibility index (Phi) is 2.71. The monoisotopic (exact) mass is 196 g/mol. The molecule has 4 heteroatoms. The zero-order chi connectivity index (χ0) is 9.10. The van der Waals surface area contributed by atoms with Gasteiger partial charge in [0.15, 0.2) is 0 Å². The smallest absolute Gasteiger partial charge is 0.140 e. The molecule has 70 valence electrons. The molecule has 2 rings (SSSR count). The van der Waals surface area contributed by atoms with Crippen molar-refractivity contribution in [3.63, 3.8) is 0 Å². The molecule has 0 atom stereocenters. The molecule has 0 unspecified atom stereocenters. The lowest BCUT2D eigenvalue weighted by molar-refractivity contribution is -0.119. The third-order valence-electron chi connectivity index (χ3n) is 2.21. The number of Topliss-reactive ketones (excluding diaryl/α,β-unsaturated/α-hetero) is 1. The van der Waals surface area contributed by atoms with Crippen molar-refractivity contribution in [2.45, 2.75) is 12.8 Å². The Balaban J connectivity index is 1.78. The number of thiazole rings is 1. The van der Waals surface area contributed by atoms with Gasteiger partial charge in [0, 0.05) is 18.0 Å². The highest BCUT2D eigenvalue weighted by Crippen LogP contribution is 2.12. The maximum atomic E-state index is 11.5. The zero-order valence-electron chi connectivity index (χ0n) is 7.32. The molecule has 1 N–H and O–H groups in total. The van der Waals surface area contributed by atoms with Crippen molar-refractivity contribution < 1.29 is 4.79 Å². The number of ketones is 1. The summed E-state index contributed by atoms with van der Waals surface area (Å²) >= 11 is 1.56. The molecule has 1 aromatic heterocycles. The van der Waals surface area contributed by atoms with Crippen LogP contribution in [0, 0.1) is 5.92 Å². The maximum absolute atomic E-state index is 11.5. The largest absolute Gasteiger partial charge is 0.316 e. The number of carbonyl (C=O) groups is 1. The second-order valence-electron chi connectivity index (χ2n) is 3.37. The number of hydrogen-bond donors (Lipinski definition) is 1. The second kappa shape index (κ2) is 3.98. The van der Waals surface area contributed by atoms with E-state index >= 15 is 0 Å². The lowest BCUT2D eigenvalue weighted by Crippen LogP contribution is -2.43. The van der Waals surface area contributed by atoms with Gasteiger partial charge in [0.25, 0.3) is 0 Å². The molecule has 0 aliphatic carbocycles. The van der Waals surface area contributed by atoms with Gasteiger partial charge in [-0.2, -0.15) is 0 Å². The number of nitrogens with one attached hydrogen (secondary N) is 1. The standard InChI is InChI=1S/C9H12N2OS/c12-8(3-7-5-10-6-7)4-9-11-1-2-13-9/h1-2,7,10H,3-6H2. The van der Waals surface area contributed by atoms with E-state index in [9.17, 15) is 4.79 Å². The Bertz CT molecular complexity index is 280. The Morgan fingerprint density at radius 2 is 2.54 bits per heavy atom. The molecule has 13 heavy (non-hydrogen) atoms. The predicted octanol–water partition coefficient (Wildman–Crippen LogP) is 0.864. The van der Waals surface area contributed by atoms with Crippen LogP contribution in [0.25, 0.3) is 0 Å². The van der Waals surface area contributed by atoms with Crippen LogP contribution in [-0.4, -0.2) is 23.9 Å². The quantitative estimate of drug-likeness (QED) is 0.776. The average molecular weight is 196 g/mol. The Hall–Kier alpha value is -0.740. The Labute approximate surface area is 81.2 Å². The van der Waals surface area contributed by atoms with Crippen molar-refractivity contribution in [1.82, 2.24) is 10.3 Å². The number of carbonyl (C=O) groups excluding carboxylic acids is 1. The molecule has 2 heterocycles. The summed E-state index contributed by atoms with van der Waals surface area (Å²) in [7, 11) is 0. The second-order valence-corrected chi connectivity index (χ2v) is 4.35. The van der Waals surface area contributed by atoms with E-state index in [1.807, 2.05) is 5.38 Å². The molecule has 1 aromatic rings. The highest BCUT2D eigenvalue weighted by atomic mass is 32.1. The predicted molar refractivity (Wildman–Crippen MR) is 51.8 cm³/mol. The van der Waals surface area contributed by atoms with Crippen LogP contribution in [-0.2, 0) is 11.2 Å². The third-order valence-corrected chi connectivity index (χ3v) is 2.99. The van der Waals surface area contributed by atoms with E-state index in [4.69, 9.17) is 0 Å². The van der Waals surface area contributed by atoms with Crippen LogP contribution in [0.4, 0.5) is 0 Å². The van der Waals surface area contributed by atoms with E-state index in [1.54, 1.807) is 17.5 Å². The maximum Gasteiger partial charge on any atom is 0.140 e. The molecule has 1 aliphatic rings. The van der Waals surface area contributed by atoms with Gasteiger partial charge < -0.3 is 5.32 Å². The molecule has 0 amide bonds. The molecule has 0 bridgehead atoms. The van der Waals surface area contributed by atoms with Crippen LogP contribution >= 0.6 is 11.3 Å². The molecule has 3 nitrogen and oxygen atoms in total. The lowest BCUT2D eigenvalue weighted by atomic mass is 9.96. The fourth-order valence-electron chi connectivity index (χ4n) is 1.40. The molecular weight excluding hydrogens is 184 g/mol. The summed E-state index contributed by atoms with van der Waals surface area (Å²) in [5, 5.41) is 6.01. The minimum Gasteiger partial charge on any atom is -0.316 e. The number of aromatic nitrogens is 1. The van der Waals surface area contributed by atoms with Crippen LogP contribution in [0.15, 0.2) is 11.6 Å². The summed E-state index contributed by atoms with van der Waals surface area (Å²) in [5.74, 6) is 0.897. The first-order valence-electron chi connectivity index (χ1n) is 4.45. The summed E-state index contributed by atoms with van der Waals surface area (Å²) < 4.78 is 0. The average Bonchev–Trinajstić information content (AvgIpc) is 2.49. The highest BCUT2D eigenvalue weighted by molar-refractivity contribution is 7.09. The Morgan fingerprint density at radius 1 is 1.69 bits per heavy atom. The van der Waals surface area contributed by atoms with Crippen LogP contribution < -0.4 is 5.32 Å². The minimum atomic E-state index is 0.321. The first-order valence-corrected chi connectivity index (χ1v) is 5.33. The van der Waals surface area contributed by atoms with E-state index < -0.39 is 0 Å². The van der Waals surface area contributed by atoms with Gasteiger partial charge in [0.1, 0.15) is 5.78 Å². The summed E-state index contributed by atoms with van der Waals surface area (Å²) in [5.41, 5.74) is 0. The van der Waals surface area contributed by atoms with E-state index in [0.29, 0.717) is 24.5 Å². The van der Waals surface area contributed by atoms with E-state index in [0.717, 1.165) is 18.1 Å². The molecule has 0 saturated carbocycles. The normalized spacial score (nSPS) is 16.9. The molecule has 1 saturated heterocycles. The summed E-state index contributed by atoms with van der Waals surface area (Å²) in [4.78, 5) is 15.5. The zero-order valence-corrected chi connectivity index (χ0v) is 8.14. The van der Waals surface area contributed by atoms with Crippen molar-refractivity contribution in [1.29, 1.82) is 0 Å². The molecule has 0 spiro atoms. The summed E-state index contributed by atoms with van der Waals surface area (Å²) in [6.45, 7) is 2.01. The van der Waals surface area contributed by atoms with Crippen molar-refractivity contribution in [3.8, 4) is 0 Å². The van der Waals surface area contributed by atoms with E-state index in [2.05, 4.69) is 10.3 Å². The van der Waals surface area contributed by atoms with Gasteiger partial charge in [0.05, 0.1) is 11.4 Å². The molecular formula is C9H12N2OS. The number of nitrogens with zero attached hydrogens (tertiary/aromatic N) is 1. The van der Waals surface area contributed by atoms with Gasteiger partial charge in [-0.25, -0.2) is 4.98 Å². The number of hydrogen-bond acceptors (Lipinski definition) is 4. The van der Waals surface area contributed by atoms with Gasteiger partial charge in [-0.15, -0.1) is 11.3 Å². The minimum absolute atomic E-state index is 0.321. The Morgan fingerprint density at radius 3 is 3.08 bits per heavy atom. The van der Waals surface area contributed by atoms with E-state index in [1.165, 1.54) is 0 Å². The van der Waals surface area contributed by atoms with Crippen molar-refractivity contribution in [2.75, 3.05) is 13.1 Å². The van der Waals surface area contributed by atoms with Gasteiger partial charge >= 0.3 is 0 Å². The third kappa shape index (κ3) is 2.35. The molecule has 1 aliphatic heterocycles. The molecule has 1 fully saturated rings. The van der Waals surface area contributed by atoms with Crippen molar-refractivity contribution >= 4 is 17.1 Å². The summed E-state index contributed by atoms with van der Waals surface area (Å²) in [6.07, 6.45) is 2.99. The molecule has 0 aromatic carbocycles. The lowest BCUT2D eigenvalue weighted by Gasteiger charge is -2.26. The van der Waals surface area contributed by atoms with Gasteiger partial charge in [0.2, 0.25) is 0 Å². The van der Waals surface area contributed by atoms with Crippen LogP contribution in [0.1, 0.15) is 11.4 Å². The van der Waals surface area contributed by atoms with Crippen LogP contribution in [0.5, 0.6) is 0 Å². The first kappa shape index (κ1) is 8.84. The number of rotatable bonds is 4. The van der Waals surface area contributed by atoms with Crippen LogP contribution in [0.2, 0.25) is 0 Å². The van der Waals surface area contributed by atoms with Gasteiger partial charge in [-0.3, -0.25) is 4.79 Å². The SMILES string of the molecule is O=C(Cc1nccs1)CC1CNC1. The van der Waals surface area contributed by atoms with Gasteiger partial charge in [-0.1, -0.05) is 0 Å². The fourth-order valence-corrected chi connectivity index (χ4v) is 2.04. The first-order chi connectivity index (χ1) is 6.34. The van der Waals surface area contributed by atoms with Crippen LogP contribution in [0.3, 0.4) is 0 Å². The highest BCUT2D eigenvalue weighted by Gasteiger charge is 2.20. The van der Waals surface area contributed by atoms with Crippen molar-refractivity contribution in [3.05, 3.63) is 16.6 Å². The topological polar surface area (TPSA) is 42.0 Å². The van der Waals surface area contributed by atoms with Gasteiger partial charge in [-0.05, 0) is 19.0 Å². The van der Waals surface area contributed by atoms with E-state index in [-0.39, 0.29) is 0 Å². The summed E-state index contributed by atoms with van der Waals surface area (Å²) in [6, 6.07) is 0.